The Hall–Kier alpha value is -3.01. The molecule has 120 valence electrons. The smallest absolute Gasteiger partial charge is 0.236 e. The van der Waals surface area contributed by atoms with E-state index in [1.54, 1.807) is 11.1 Å². The molecule has 7 heteroatoms. The molecule has 1 atom stereocenters. The number of carbonyl (C=O) groups is 1. The first kappa shape index (κ1) is 14.6. The summed E-state index contributed by atoms with van der Waals surface area (Å²) in [4.78, 5) is 21.5. The summed E-state index contributed by atoms with van der Waals surface area (Å²) < 4.78 is 0. The molecule has 1 aliphatic rings. The number of amides is 1. The summed E-state index contributed by atoms with van der Waals surface area (Å²) in [5.74, 6) is 0.0924. The molecule has 0 aromatic carbocycles. The average Bonchev–Trinajstić information content (AvgIpc) is 3.10. The number of hydrogen-bond donors (Lipinski definition) is 1. The molecule has 0 aliphatic carbocycles. The molecule has 1 fully saturated rings. The monoisotopic (exact) mass is 320 g/mol. The minimum Gasteiger partial charge on any atom is -0.364 e. The van der Waals surface area contributed by atoms with Gasteiger partial charge in [-0.15, -0.1) is 10.2 Å². The fourth-order valence-corrected chi connectivity index (χ4v) is 3.51. The number of nitriles is 1. The molecule has 0 radical (unpaired) electrons. The number of rotatable bonds is 2. The molecule has 4 heterocycles. The van der Waals surface area contributed by atoms with Gasteiger partial charge in [0.1, 0.15) is 6.42 Å². The normalized spacial score (nSPS) is 18.0. The van der Waals surface area contributed by atoms with E-state index < -0.39 is 0 Å². The Morgan fingerprint density at radius 2 is 2.33 bits per heavy atom. The zero-order valence-corrected chi connectivity index (χ0v) is 13.1. The third kappa shape index (κ3) is 2.36. The van der Waals surface area contributed by atoms with Crippen LogP contribution in [-0.4, -0.2) is 44.1 Å². The summed E-state index contributed by atoms with van der Waals surface area (Å²) in [5, 5.41) is 19.2. The molecular weight excluding hydrogens is 304 g/mol. The molecule has 0 bridgehead atoms. The van der Waals surface area contributed by atoms with E-state index >= 15 is 0 Å². The summed E-state index contributed by atoms with van der Waals surface area (Å²) in [7, 11) is 0. The molecule has 0 spiro atoms. The summed E-state index contributed by atoms with van der Waals surface area (Å²) >= 11 is 0. The Balaban J connectivity index is 1.77. The van der Waals surface area contributed by atoms with Gasteiger partial charge in [-0.05, 0) is 25.0 Å². The molecular formula is C17H16N6O. The molecule has 24 heavy (non-hydrogen) atoms. The number of likely N-dealkylation sites (tertiary alicyclic amines) is 1. The van der Waals surface area contributed by atoms with Crippen molar-refractivity contribution in [1.82, 2.24) is 25.1 Å². The lowest BCUT2D eigenvalue weighted by Crippen LogP contribution is -2.39. The van der Waals surface area contributed by atoms with Crippen molar-refractivity contribution in [2.24, 2.45) is 0 Å². The highest BCUT2D eigenvalue weighted by Gasteiger charge is 2.27. The summed E-state index contributed by atoms with van der Waals surface area (Å²) in [6.07, 6.45) is 5.45. The van der Waals surface area contributed by atoms with E-state index in [4.69, 9.17) is 5.26 Å². The molecule has 4 rings (SSSR count). The largest absolute Gasteiger partial charge is 0.364 e. The van der Waals surface area contributed by atoms with Gasteiger partial charge in [0.2, 0.25) is 5.91 Å². The molecule has 3 aromatic heterocycles. The highest BCUT2D eigenvalue weighted by Crippen LogP contribution is 2.33. The van der Waals surface area contributed by atoms with Gasteiger partial charge in [0.15, 0.2) is 5.65 Å². The average molecular weight is 320 g/mol. The Labute approximate surface area is 138 Å². The van der Waals surface area contributed by atoms with Crippen molar-refractivity contribution in [2.45, 2.75) is 25.2 Å². The van der Waals surface area contributed by atoms with E-state index in [-0.39, 0.29) is 18.2 Å². The number of nitrogens with one attached hydrogen (secondary N) is 1. The van der Waals surface area contributed by atoms with Gasteiger partial charge < -0.3 is 9.88 Å². The zero-order valence-electron chi connectivity index (χ0n) is 13.1. The molecule has 1 N–H and O–H groups in total. The van der Waals surface area contributed by atoms with Crippen molar-refractivity contribution in [1.29, 1.82) is 5.26 Å². The van der Waals surface area contributed by atoms with Crippen LogP contribution in [-0.2, 0) is 4.79 Å². The Morgan fingerprint density at radius 1 is 1.42 bits per heavy atom. The van der Waals surface area contributed by atoms with E-state index in [0.717, 1.165) is 41.4 Å². The quantitative estimate of drug-likeness (QED) is 0.780. The van der Waals surface area contributed by atoms with Crippen molar-refractivity contribution >= 4 is 27.8 Å². The summed E-state index contributed by atoms with van der Waals surface area (Å²) in [5.41, 5.74) is 2.52. The van der Waals surface area contributed by atoms with Gasteiger partial charge in [0.25, 0.3) is 0 Å². The van der Waals surface area contributed by atoms with Crippen LogP contribution in [0, 0.1) is 11.3 Å². The minimum atomic E-state index is -0.0950. The first-order chi connectivity index (χ1) is 11.8. The number of hydrogen-bond acceptors (Lipinski definition) is 5. The third-order valence-electron chi connectivity index (χ3n) is 4.62. The maximum absolute atomic E-state index is 12.1. The van der Waals surface area contributed by atoms with Gasteiger partial charge >= 0.3 is 0 Å². The molecule has 1 aliphatic heterocycles. The minimum absolute atomic E-state index is 0.0610. The highest BCUT2D eigenvalue weighted by atomic mass is 16.2. The van der Waals surface area contributed by atoms with Crippen molar-refractivity contribution < 1.29 is 4.79 Å². The molecule has 1 amide bonds. The lowest BCUT2D eigenvalue weighted by Gasteiger charge is -2.32. The second-order valence-electron chi connectivity index (χ2n) is 6.05. The van der Waals surface area contributed by atoms with Crippen molar-refractivity contribution in [3.63, 3.8) is 0 Å². The number of nitrogens with zero attached hydrogens (tertiary/aromatic N) is 5. The van der Waals surface area contributed by atoms with Crippen LogP contribution in [0.4, 0.5) is 0 Å². The highest BCUT2D eigenvalue weighted by molar-refractivity contribution is 6.04. The fraction of sp³-hybridized carbons (Fsp3) is 0.353. The fourth-order valence-electron chi connectivity index (χ4n) is 3.51. The second kappa shape index (κ2) is 5.89. The maximum atomic E-state index is 12.1. The van der Waals surface area contributed by atoms with E-state index in [0.29, 0.717) is 12.2 Å². The van der Waals surface area contributed by atoms with Gasteiger partial charge in [-0.3, -0.25) is 4.79 Å². The van der Waals surface area contributed by atoms with Crippen LogP contribution in [0.2, 0.25) is 0 Å². The van der Waals surface area contributed by atoms with Crippen LogP contribution < -0.4 is 0 Å². The van der Waals surface area contributed by atoms with Gasteiger partial charge in [0, 0.05) is 47.9 Å². The van der Waals surface area contributed by atoms with E-state index in [1.165, 1.54) is 0 Å². The zero-order chi connectivity index (χ0) is 16.5. The number of carbonyl (C=O) groups excluding carboxylic acids is 1. The second-order valence-corrected chi connectivity index (χ2v) is 6.05. The number of aromatic nitrogens is 4. The Morgan fingerprint density at radius 3 is 3.21 bits per heavy atom. The van der Waals surface area contributed by atoms with Gasteiger partial charge in [-0.25, -0.2) is 4.98 Å². The molecule has 3 aromatic rings. The van der Waals surface area contributed by atoms with E-state index in [2.05, 4.69) is 20.2 Å². The van der Waals surface area contributed by atoms with Crippen LogP contribution in [0.5, 0.6) is 0 Å². The molecule has 0 saturated carbocycles. The van der Waals surface area contributed by atoms with Gasteiger partial charge in [-0.2, -0.15) is 5.26 Å². The Bertz CT molecular complexity index is 957. The van der Waals surface area contributed by atoms with Crippen LogP contribution in [0.15, 0.2) is 24.5 Å². The van der Waals surface area contributed by atoms with Crippen molar-refractivity contribution in [3.05, 3.63) is 30.2 Å². The first-order valence-electron chi connectivity index (χ1n) is 8.01. The van der Waals surface area contributed by atoms with E-state index in [9.17, 15) is 4.79 Å². The standard InChI is InChI=1S/C17H16N6O/c18-6-3-14(24)23-9-1-2-11(10-23)16-15-12-4-7-20-17(12)22-21-13(15)5-8-19-16/h4-5,7-8,11,19H,1-3,9-10H2. The van der Waals surface area contributed by atoms with Gasteiger partial charge in [-0.1, -0.05) is 0 Å². The number of pyridine rings is 1. The third-order valence-corrected chi connectivity index (χ3v) is 4.62. The first-order valence-corrected chi connectivity index (χ1v) is 8.01. The van der Waals surface area contributed by atoms with E-state index in [1.807, 2.05) is 24.4 Å². The van der Waals surface area contributed by atoms with Crippen LogP contribution in [0.1, 0.15) is 30.9 Å². The van der Waals surface area contributed by atoms with Crippen molar-refractivity contribution in [3.8, 4) is 6.07 Å². The molecule has 1 unspecified atom stereocenters. The van der Waals surface area contributed by atoms with Crippen LogP contribution in [0.3, 0.4) is 0 Å². The lowest BCUT2D eigenvalue weighted by molar-refractivity contribution is -0.131. The number of H-pyrrole nitrogens is 1. The number of aromatic amines is 1. The SMILES string of the molecule is N#CCC(=O)N1CCCC(c2[nH]ccc3nnc4nccc4c23)C1. The number of fused-ring (bicyclic) bond motifs is 3. The summed E-state index contributed by atoms with van der Waals surface area (Å²) in [6, 6.07) is 5.80. The summed E-state index contributed by atoms with van der Waals surface area (Å²) in [6.45, 7) is 1.34. The number of piperidine rings is 1. The van der Waals surface area contributed by atoms with Crippen molar-refractivity contribution in [2.75, 3.05) is 13.1 Å². The molecule has 1 saturated heterocycles. The lowest BCUT2D eigenvalue weighted by atomic mass is 9.91. The Kier molecular flexibility index (Phi) is 3.58. The molecule has 7 nitrogen and oxygen atoms in total. The maximum Gasteiger partial charge on any atom is 0.236 e. The van der Waals surface area contributed by atoms with Crippen LogP contribution in [0.25, 0.3) is 21.9 Å². The van der Waals surface area contributed by atoms with Crippen LogP contribution >= 0.6 is 0 Å². The topological polar surface area (TPSA) is 98.6 Å². The predicted molar refractivity (Wildman–Crippen MR) is 88.0 cm³/mol. The predicted octanol–water partition coefficient (Wildman–Crippen LogP) is 2.13. The van der Waals surface area contributed by atoms with Gasteiger partial charge in [0.05, 0.1) is 11.6 Å².